The van der Waals surface area contributed by atoms with E-state index in [0.717, 1.165) is 42.0 Å². The highest BCUT2D eigenvalue weighted by atomic mass is 35.5. The van der Waals surface area contributed by atoms with Gasteiger partial charge >= 0.3 is 0 Å². The molecular formula is C33H40ClN3O5S. The molecule has 43 heavy (non-hydrogen) atoms. The van der Waals surface area contributed by atoms with Crippen LogP contribution in [0.1, 0.15) is 56.6 Å². The molecule has 1 aliphatic rings. The minimum atomic E-state index is -4.17. The molecule has 0 heterocycles. The fourth-order valence-electron chi connectivity index (χ4n) is 5.48. The number of nitrogens with zero attached hydrogens (tertiary/aromatic N) is 2. The second-order valence-electron chi connectivity index (χ2n) is 10.9. The summed E-state index contributed by atoms with van der Waals surface area (Å²) in [5.74, 6) is -0.0370. The second-order valence-corrected chi connectivity index (χ2v) is 13.2. The van der Waals surface area contributed by atoms with Gasteiger partial charge in [0.25, 0.3) is 10.0 Å². The molecule has 1 N–H and O–H groups in total. The van der Waals surface area contributed by atoms with Crippen molar-refractivity contribution >= 4 is 39.1 Å². The van der Waals surface area contributed by atoms with Gasteiger partial charge in [-0.3, -0.25) is 13.9 Å². The predicted octanol–water partition coefficient (Wildman–Crippen LogP) is 6.11. The highest BCUT2D eigenvalue weighted by molar-refractivity contribution is 7.92. The average Bonchev–Trinajstić information content (AvgIpc) is 3.01. The highest BCUT2D eigenvalue weighted by Crippen LogP contribution is 2.28. The van der Waals surface area contributed by atoms with Gasteiger partial charge in [0.05, 0.1) is 17.7 Å². The first-order valence-corrected chi connectivity index (χ1v) is 16.5. The third-order valence-electron chi connectivity index (χ3n) is 7.91. The van der Waals surface area contributed by atoms with E-state index in [1.54, 1.807) is 44.4 Å². The molecule has 3 aromatic carbocycles. The van der Waals surface area contributed by atoms with Gasteiger partial charge in [-0.1, -0.05) is 68.1 Å². The molecule has 1 atom stereocenters. The molecule has 3 aromatic rings. The van der Waals surface area contributed by atoms with Crippen molar-refractivity contribution in [1.82, 2.24) is 10.2 Å². The molecule has 1 fully saturated rings. The molecule has 1 aliphatic carbocycles. The van der Waals surface area contributed by atoms with Gasteiger partial charge in [0.1, 0.15) is 18.3 Å². The van der Waals surface area contributed by atoms with Crippen LogP contribution in [0.3, 0.4) is 0 Å². The first-order chi connectivity index (χ1) is 20.6. The fraction of sp³-hybridized carbons (Fsp3) is 0.394. The van der Waals surface area contributed by atoms with Crippen LogP contribution < -0.4 is 14.4 Å². The summed E-state index contributed by atoms with van der Waals surface area (Å²) in [4.78, 5) is 29.5. The van der Waals surface area contributed by atoms with E-state index in [9.17, 15) is 18.0 Å². The number of ether oxygens (including phenoxy) is 1. The Morgan fingerprint density at radius 1 is 0.977 bits per heavy atom. The van der Waals surface area contributed by atoms with Gasteiger partial charge in [-0.15, -0.1) is 0 Å². The molecule has 0 saturated heterocycles. The first kappa shape index (κ1) is 32.4. The topological polar surface area (TPSA) is 96.0 Å². The number of carbonyl (C=O) groups is 2. The minimum Gasteiger partial charge on any atom is -0.497 e. The first-order valence-electron chi connectivity index (χ1n) is 14.7. The second kappa shape index (κ2) is 14.8. The van der Waals surface area contributed by atoms with Gasteiger partial charge in [0.2, 0.25) is 11.8 Å². The van der Waals surface area contributed by atoms with E-state index in [2.05, 4.69) is 5.32 Å². The van der Waals surface area contributed by atoms with Crippen LogP contribution in [-0.2, 0) is 26.2 Å². The Bertz CT molecular complexity index is 1490. The number of rotatable bonds is 12. The zero-order chi connectivity index (χ0) is 31.0. The van der Waals surface area contributed by atoms with Gasteiger partial charge in [-0.05, 0) is 79.8 Å². The van der Waals surface area contributed by atoms with Crippen LogP contribution in [0.25, 0.3) is 0 Å². The Labute approximate surface area is 260 Å². The van der Waals surface area contributed by atoms with Crippen molar-refractivity contribution in [2.24, 2.45) is 0 Å². The smallest absolute Gasteiger partial charge is 0.264 e. The fourth-order valence-corrected chi connectivity index (χ4v) is 7.09. The molecule has 0 aliphatic heterocycles. The molecule has 1 saturated carbocycles. The minimum absolute atomic E-state index is 0.0109. The Hall–Kier alpha value is -3.56. The number of sulfonamides is 1. The van der Waals surface area contributed by atoms with Crippen LogP contribution in [-0.4, -0.2) is 50.9 Å². The maximum atomic E-state index is 14.3. The van der Waals surface area contributed by atoms with Crippen molar-refractivity contribution < 1.29 is 22.7 Å². The van der Waals surface area contributed by atoms with Gasteiger partial charge in [0, 0.05) is 17.6 Å². The number of hydrogen-bond donors (Lipinski definition) is 1. The molecule has 0 spiro atoms. The van der Waals surface area contributed by atoms with E-state index >= 15 is 0 Å². The van der Waals surface area contributed by atoms with Crippen LogP contribution in [0, 0.1) is 6.92 Å². The molecular weight excluding hydrogens is 586 g/mol. The Morgan fingerprint density at radius 2 is 1.63 bits per heavy atom. The SMILES string of the molecule is CCC(C(=O)NC1CCCCC1)N(Cc1ccc(OC)cc1)C(=O)CN(c1ccccc1C)S(=O)(=O)c1ccc(Cl)cc1. The Kier molecular flexibility index (Phi) is 11.1. The molecule has 2 amide bonds. The van der Waals surface area contributed by atoms with E-state index in [1.807, 2.05) is 25.1 Å². The monoisotopic (exact) mass is 625 g/mol. The molecule has 230 valence electrons. The average molecular weight is 626 g/mol. The highest BCUT2D eigenvalue weighted by Gasteiger charge is 2.34. The molecule has 0 radical (unpaired) electrons. The van der Waals surface area contributed by atoms with Gasteiger partial charge in [-0.2, -0.15) is 0 Å². The number of hydrogen-bond acceptors (Lipinski definition) is 5. The van der Waals surface area contributed by atoms with E-state index in [-0.39, 0.29) is 23.4 Å². The Morgan fingerprint density at radius 3 is 2.23 bits per heavy atom. The summed E-state index contributed by atoms with van der Waals surface area (Å²) >= 11 is 6.04. The summed E-state index contributed by atoms with van der Waals surface area (Å²) in [6.45, 7) is 3.30. The predicted molar refractivity (Wildman–Crippen MR) is 170 cm³/mol. The molecule has 0 bridgehead atoms. The van der Waals surface area contributed by atoms with E-state index in [1.165, 1.54) is 29.2 Å². The third kappa shape index (κ3) is 8.09. The number of halogens is 1. The largest absolute Gasteiger partial charge is 0.497 e. The van der Waals surface area contributed by atoms with E-state index < -0.39 is 28.5 Å². The number of methoxy groups -OCH3 is 1. The molecule has 8 nitrogen and oxygen atoms in total. The molecule has 1 unspecified atom stereocenters. The summed E-state index contributed by atoms with van der Waals surface area (Å²) in [5, 5.41) is 3.57. The third-order valence-corrected chi connectivity index (χ3v) is 9.94. The zero-order valence-corrected chi connectivity index (χ0v) is 26.5. The summed E-state index contributed by atoms with van der Waals surface area (Å²) < 4.78 is 34.5. The lowest BCUT2D eigenvalue weighted by atomic mass is 9.95. The van der Waals surface area contributed by atoms with Crippen LogP contribution in [0.4, 0.5) is 5.69 Å². The summed E-state index contributed by atoms with van der Waals surface area (Å²) in [7, 11) is -2.59. The number of anilines is 1. The lowest BCUT2D eigenvalue weighted by Crippen LogP contribution is -2.54. The van der Waals surface area contributed by atoms with Crippen LogP contribution in [0.15, 0.2) is 77.7 Å². The van der Waals surface area contributed by atoms with Gasteiger partial charge in [0.15, 0.2) is 0 Å². The lowest BCUT2D eigenvalue weighted by molar-refractivity contribution is -0.140. The van der Waals surface area contributed by atoms with Crippen LogP contribution in [0.5, 0.6) is 5.75 Å². The number of aryl methyl sites for hydroxylation is 1. The van der Waals surface area contributed by atoms with E-state index in [0.29, 0.717) is 28.4 Å². The number of para-hydroxylation sites is 1. The number of benzene rings is 3. The maximum absolute atomic E-state index is 14.3. The molecule has 0 aromatic heterocycles. The van der Waals surface area contributed by atoms with Crippen molar-refractivity contribution in [3.63, 3.8) is 0 Å². The van der Waals surface area contributed by atoms with Crippen molar-refractivity contribution in [3.8, 4) is 5.75 Å². The zero-order valence-electron chi connectivity index (χ0n) is 25.0. The standard InChI is InChI=1S/C33H40ClN3O5S/c1-4-30(33(39)35-27-11-6-5-7-12-27)36(22-25-14-18-28(42-3)19-15-25)32(38)23-37(31-13-9-8-10-24(31)2)43(40,41)29-20-16-26(34)17-21-29/h8-10,13-21,27,30H,4-7,11-12,22-23H2,1-3H3,(H,35,39). The maximum Gasteiger partial charge on any atom is 0.264 e. The van der Waals surface area contributed by atoms with Crippen molar-refractivity contribution in [1.29, 1.82) is 0 Å². The van der Waals surface area contributed by atoms with Gasteiger partial charge < -0.3 is 15.0 Å². The van der Waals surface area contributed by atoms with Gasteiger partial charge in [-0.25, -0.2) is 8.42 Å². The molecule has 10 heteroatoms. The van der Waals surface area contributed by atoms with Crippen molar-refractivity contribution in [2.45, 2.75) is 75.9 Å². The quantitative estimate of drug-likeness (QED) is 0.262. The number of carbonyl (C=O) groups excluding carboxylic acids is 2. The van der Waals surface area contributed by atoms with Crippen molar-refractivity contribution in [2.75, 3.05) is 18.0 Å². The molecule has 4 rings (SSSR count). The van der Waals surface area contributed by atoms with Crippen LogP contribution in [0.2, 0.25) is 5.02 Å². The van der Waals surface area contributed by atoms with Crippen molar-refractivity contribution in [3.05, 3.63) is 88.9 Å². The van der Waals surface area contributed by atoms with E-state index in [4.69, 9.17) is 16.3 Å². The summed E-state index contributed by atoms with van der Waals surface area (Å²) in [6.07, 6.45) is 5.47. The Balaban J connectivity index is 1.71. The summed E-state index contributed by atoms with van der Waals surface area (Å²) in [6, 6.07) is 19.4. The summed E-state index contributed by atoms with van der Waals surface area (Å²) in [5.41, 5.74) is 1.87. The normalized spacial score (nSPS) is 14.5. The number of nitrogens with one attached hydrogen (secondary N) is 1. The lowest BCUT2D eigenvalue weighted by Gasteiger charge is -2.34. The van der Waals surface area contributed by atoms with Crippen LogP contribution >= 0.6 is 11.6 Å². The number of amides is 2.